The first kappa shape index (κ1) is 13.3. The zero-order valence-electron chi connectivity index (χ0n) is 10.1. The smallest absolute Gasteiger partial charge is 0.245 e. The fraction of sp³-hybridized carbons (Fsp3) is 0.0833. The van der Waals surface area contributed by atoms with Gasteiger partial charge in [-0.15, -0.1) is 22.7 Å². The van der Waals surface area contributed by atoms with Gasteiger partial charge in [0.05, 0.1) is 12.6 Å². The van der Waals surface area contributed by atoms with E-state index in [2.05, 4.69) is 15.5 Å². The Bertz CT molecular complexity index is 760. The normalized spacial score (nSPS) is 11.4. The third-order valence-electron chi connectivity index (χ3n) is 2.55. The van der Waals surface area contributed by atoms with Gasteiger partial charge in [0.15, 0.2) is 10.1 Å². The minimum atomic E-state index is -0.161. The molecule has 1 N–H and O–H groups in total. The van der Waals surface area contributed by atoms with Crippen molar-refractivity contribution in [2.75, 3.05) is 0 Å². The highest BCUT2D eigenvalue weighted by molar-refractivity contribution is 7.15. The molecular formula is C12H9ClN4OS2. The maximum Gasteiger partial charge on any atom is 0.245 e. The Morgan fingerprint density at radius 3 is 3.20 bits per heavy atom. The minimum Gasteiger partial charge on any atom is -0.288 e. The number of halogens is 1. The van der Waals surface area contributed by atoms with Gasteiger partial charge in [0.1, 0.15) is 5.69 Å². The van der Waals surface area contributed by atoms with Crippen molar-refractivity contribution in [1.29, 1.82) is 0 Å². The van der Waals surface area contributed by atoms with Crippen LogP contribution in [0.5, 0.6) is 0 Å². The number of thiazole rings is 1. The van der Waals surface area contributed by atoms with E-state index in [0.717, 1.165) is 9.84 Å². The molecule has 8 heteroatoms. The number of carbonyl (C=O) groups is 1. The lowest BCUT2D eigenvalue weighted by molar-refractivity contribution is -0.120. The average molecular weight is 325 g/mol. The molecule has 1 amide bonds. The van der Waals surface area contributed by atoms with Crippen molar-refractivity contribution in [3.05, 3.63) is 44.8 Å². The van der Waals surface area contributed by atoms with Crippen LogP contribution in [0.15, 0.2) is 34.2 Å². The van der Waals surface area contributed by atoms with E-state index >= 15 is 0 Å². The molecule has 5 nitrogen and oxygen atoms in total. The molecule has 20 heavy (non-hydrogen) atoms. The Hall–Kier alpha value is -1.70. The number of imidazole rings is 1. The number of nitrogens with one attached hydrogen (secondary N) is 1. The molecule has 102 valence electrons. The standard InChI is InChI=1S/C12H9ClN4OS2/c13-11-9(17-3-5-20-12(17)15-11)7-14-16-10(18)6-8-2-1-4-19-8/h1-5,7H,6H2,(H,16,18)/b14-7+. The van der Waals surface area contributed by atoms with Crippen molar-refractivity contribution in [3.8, 4) is 0 Å². The number of hydrogen-bond donors (Lipinski definition) is 1. The summed E-state index contributed by atoms with van der Waals surface area (Å²) in [5, 5.41) is 8.14. The van der Waals surface area contributed by atoms with Crippen molar-refractivity contribution in [3.63, 3.8) is 0 Å². The number of hydrogen-bond acceptors (Lipinski definition) is 5. The molecule has 0 aliphatic heterocycles. The molecule has 3 aromatic rings. The second kappa shape index (κ2) is 5.74. The van der Waals surface area contributed by atoms with E-state index in [0.29, 0.717) is 17.3 Å². The predicted octanol–water partition coefficient (Wildman–Crippen LogP) is 2.80. The highest BCUT2D eigenvalue weighted by atomic mass is 35.5. The summed E-state index contributed by atoms with van der Waals surface area (Å²) >= 11 is 9.04. The van der Waals surface area contributed by atoms with Crippen molar-refractivity contribution in [2.45, 2.75) is 6.42 Å². The number of carbonyl (C=O) groups excluding carboxylic acids is 1. The Morgan fingerprint density at radius 2 is 2.40 bits per heavy atom. The zero-order chi connectivity index (χ0) is 13.9. The second-order valence-electron chi connectivity index (χ2n) is 3.89. The Kier molecular flexibility index (Phi) is 3.81. The minimum absolute atomic E-state index is 0.161. The van der Waals surface area contributed by atoms with Crippen LogP contribution in [-0.2, 0) is 11.2 Å². The lowest BCUT2D eigenvalue weighted by Crippen LogP contribution is -2.19. The fourth-order valence-corrected chi connectivity index (χ4v) is 3.36. The molecule has 0 atom stereocenters. The van der Waals surface area contributed by atoms with Gasteiger partial charge < -0.3 is 0 Å². The first-order chi connectivity index (χ1) is 9.74. The quantitative estimate of drug-likeness (QED) is 0.592. The van der Waals surface area contributed by atoms with Crippen LogP contribution in [0.1, 0.15) is 10.6 Å². The summed E-state index contributed by atoms with van der Waals surface area (Å²) in [4.78, 5) is 17.6. The largest absolute Gasteiger partial charge is 0.288 e. The van der Waals surface area contributed by atoms with Crippen molar-refractivity contribution < 1.29 is 4.79 Å². The van der Waals surface area contributed by atoms with Gasteiger partial charge in [0.25, 0.3) is 0 Å². The topological polar surface area (TPSA) is 58.8 Å². The third kappa shape index (κ3) is 2.74. The van der Waals surface area contributed by atoms with E-state index in [9.17, 15) is 4.79 Å². The third-order valence-corrected chi connectivity index (χ3v) is 4.46. The van der Waals surface area contributed by atoms with Crippen LogP contribution in [0, 0.1) is 0 Å². The van der Waals surface area contributed by atoms with E-state index in [1.54, 1.807) is 11.3 Å². The van der Waals surface area contributed by atoms with Crippen LogP contribution >= 0.6 is 34.3 Å². The molecule has 0 fully saturated rings. The molecule has 3 heterocycles. The van der Waals surface area contributed by atoms with Crippen LogP contribution in [0.25, 0.3) is 4.96 Å². The maximum atomic E-state index is 11.7. The molecular weight excluding hydrogens is 316 g/mol. The van der Waals surface area contributed by atoms with E-state index in [1.807, 2.05) is 33.5 Å². The van der Waals surface area contributed by atoms with E-state index < -0.39 is 0 Å². The van der Waals surface area contributed by atoms with Crippen LogP contribution < -0.4 is 5.43 Å². The van der Waals surface area contributed by atoms with Gasteiger partial charge in [-0.2, -0.15) is 5.10 Å². The fourth-order valence-electron chi connectivity index (χ4n) is 1.67. The van der Waals surface area contributed by atoms with E-state index in [-0.39, 0.29) is 5.91 Å². The summed E-state index contributed by atoms with van der Waals surface area (Å²) in [6, 6.07) is 3.83. The van der Waals surface area contributed by atoms with Gasteiger partial charge >= 0.3 is 0 Å². The SMILES string of the molecule is O=C(Cc1cccs1)N/N=C/c1c(Cl)nc2sccn12. The lowest BCUT2D eigenvalue weighted by atomic mass is 10.3. The molecule has 0 spiro atoms. The Balaban J connectivity index is 1.67. The second-order valence-corrected chi connectivity index (χ2v) is 6.16. The number of amides is 1. The molecule has 0 aliphatic carbocycles. The maximum absolute atomic E-state index is 11.7. The van der Waals surface area contributed by atoms with E-state index in [1.165, 1.54) is 17.6 Å². The van der Waals surface area contributed by atoms with Gasteiger partial charge in [-0.3, -0.25) is 9.20 Å². The molecule has 0 radical (unpaired) electrons. The van der Waals surface area contributed by atoms with Gasteiger partial charge in [0, 0.05) is 16.5 Å². The summed E-state index contributed by atoms with van der Waals surface area (Å²) in [5.74, 6) is -0.161. The molecule has 0 saturated carbocycles. The Morgan fingerprint density at radius 1 is 1.50 bits per heavy atom. The number of hydrazone groups is 1. The highest BCUT2D eigenvalue weighted by Gasteiger charge is 2.09. The van der Waals surface area contributed by atoms with Gasteiger partial charge in [0.2, 0.25) is 5.91 Å². The molecule has 0 unspecified atom stereocenters. The van der Waals surface area contributed by atoms with Gasteiger partial charge in [-0.25, -0.2) is 10.4 Å². The molecule has 0 aromatic carbocycles. The summed E-state index contributed by atoms with van der Waals surface area (Å²) in [6.45, 7) is 0. The van der Waals surface area contributed by atoms with Crippen LogP contribution in [0.3, 0.4) is 0 Å². The Labute approximate surface area is 127 Å². The molecule has 3 aromatic heterocycles. The van der Waals surface area contributed by atoms with Gasteiger partial charge in [-0.1, -0.05) is 17.7 Å². The number of rotatable bonds is 4. The van der Waals surface area contributed by atoms with Crippen LogP contribution in [0.4, 0.5) is 0 Å². The predicted molar refractivity (Wildman–Crippen MR) is 81.8 cm³/mol. The highest BCUT2D eigenvalue weighted by Crippen LogP contribution is 2.19. The summed E-state index contributed by atoms with van der Waals surface area (Å²) in [6.07, 6.45) is 3.68. The molecule has 0 saturated heterocycles. The summed E-state index contributed by atoms with van der Waals surface area (Å²) in [7, 11) is 0. The number of nitrogens with zero attached hydrogens (tertiary/aromatic N) is 3. The van der Waals surface area contributed by atoms with E-state index in [4.69, 9.17) is 11.6 Å². The monoisotopic (exact) mass is 324 g/mol. The summed E-state index contributed by atoms with van der Waals surface area (Å²) < 4.78 is 1.82. The molecule has 3 rings (SSSR count). The van der Waals surface area contributed by atoms with Crippen LogP contribution in [-0.4, -0.2) is 21.5 Å². The number of thiophene rings is 1. The van der Waals surface area contributed by atoms with Crippen molar-refractivity contribution in [1.82, 2.24) is 14.8 Å². The average Bonchev–Trinajstić information content (AvgIpc) is 3.10. The number of aromatic nitrogens is 2. The van der Waals surface area contributed by atoms with Crippen molar-refractivity contribution >= 4 is 51.4 Å². The lowest BCUT2D eigenvalue weighted by Gasteiger charge is -1.97. The van der Waals surface area contributed by atoms with Crippen molar-refractivity contribution in [2.24, 2.45) is 5.10 Å². The number of fused-ring (bicyclic) bond motifs is 1. The first-order valence-electron chi connectivity index (χ1n) is 5.69. The first-order valence-corrected chi connectivity index (χ1v) is 7.83. The molecule has 0 bridgehead atoms. The zero-order valence-corrected chi connectivity index (χ0v) is 12.5. The molecule has 0 aliphatic rings. The summed E-state index contributed by atoms with van der Waals surface area (Å²) in [5.41, 5.74) is 3.14. The van der Waals surface area contributed by atoms with Gasteiger partial charge in [-0.05, 0) is 11.4 Å². The van der Waals surface area contributed by atoms with Crippen LogP contribution in [0.2, 0.25) is 5.15 Å².